The van der Waals surface area contributed by atoms with E-state index >= 15 is 0 Å². The first-order valence-corrected chi connectivity index (χ1v) is 11.5. The van der Waals surface area contributed by atoms with Crippen molar-refractivity contribution in [1.29, 1.82) is 0 Å². The van der Waals surface area contributed by atoms with Crippen molar-refractivity contribution in [1.82, 2.24) is 19.6 Å². The van der Waals surface area contributed by atoms with Gasteiger partial charge in [-0.15, -0.1) is 0 Å². The van der Waals surface area contributed by atoms with Crippen molar-refractivity contribution in [3.05, 3.63) is 39.0 Å². The minimum atomic E-state index is -3.81. The second-order valence-electron chi connectivity index (χ2n) is 7.82. The monoisotopic (exact) mass is 422 g/mol. The van der Waals surface area contributed by atoms with Gasteiger partial charge in [-0.2, -0.15) is 0 Å². The van der Waals surface area contributed by atoms with Gasteiger partial charge in [0.15, 0.2) is 0 Å². The van der Waals surface area contributed by atoms with Crippen LogP contribution in [0.25, 0.3) is 10.9 Å². The highest BCUT2D eigenvalue weighted by atomic mass is 32.2. The molecule has 1 aromatic carbocycles. The molecule has 0 bridgehead atoms. The molecule has 1 aliphatic heterocycles. The van der Waals surface area contributed by atoms with Crippen molar-refractivity contribution in [2.24, 2.45) is 0 Å². The summed E-state index contributed by atoms with van der Waals surface area (Å²) in [5, 5.41) is 0.132. The van der Waals surface area contributed by atoms with E-state index in [9.17, 15) is 18.0 Å². The molecule has 0 radical (unpaired) electrons. The molecular formula is C19H26N4O5S. The minimum Gasteiger partial charge on any atom is -0.379 e. The summed E-state index contributed by atoms with van der Waals surface area (Å²) in [6, 6.07) is 4.15. The summed E-state index contributed by atoms with van der Waals surface area (Å²) in [7, 11) is -3.81. The van der Waals surface area contributed by atoms with E-state index in [4.69, 9.17) is 4.74 Å². The molecule has 0 amide bonds. The summed E-state index contributed by atoms with van der Waals surface area (Å²) in [6.45, 7) is 3.27. The largest absolute Gasteiger partial charge is 0.379 e. The molecule has 1 aromatic heterocycles. The van der Waals surface area contributed by atoms with E-state index in [-0.39, 0.29) is 15.8 Å². The predicted octanol–water partition coefficient (Wildman–Crippen LogP) is 0.530. The van der Waals surface area contributed by atoms with Crippen LogP contribution in [0.3, 0.4) is 0 Å². The van der Waals surface area contributed by atoms with E-state index in [1.807, 2.05) is 0 Å². The fraction of sp³-hybridized carbons (Fsp3) is 0.579. The third-order valence-corrected chi connectivity index (χ3v) is 7.48. The maximum Gasteiger partial charge on any atom is 0.326 e. The summed E-state index contributed by atoms with van der Waals surface area (Å²) >= 11 is 0. The second kappa shape index (κ2) is 8.02. The number of nitrogens with zero attached hydrogens (tertiary/aromatic N) is 1. The lowest BCUT2D eigenvalue weighted by molar-refractivity contribution is -0.0348. The van der Waals surface area contributed by atoms with Crippen LogP contribution in [0.1, 0.15) is 32.1 Å². The van der Waals surface area contributed by atoms with Crippen LogP contribution >= 0.6 is 0 Å². The standard InChI is InChI=1S/C19H26N4O5S/c24-17-15-12-14(4-5-16(15)21-18(25)22-17)29(26,27)20-13-19(6-2-1-3-7-19)23-8-10-28-11-9-23/h4-5,12,20H,1-3,6-11,13H2,(H2,21,22,24,25). The maximum absolute atomic E-state index is 13.0. The van der Waals surface area contributed by atoms with E-state index in [1.165, 1.54) is 24.6 Å². The van der Waals surface area contributed by atoms with E-state index in [0.29, 0.717) is 25.3 Å². The lowest BCUT2D eigenvalue weighted by atomic mass is 9.80. The van der Waals surface area contributed by atoms with Gasteiger partial charge in [0.25, 0.3) is 5.56 Å². The number of sulfonamides is 1. The molecule has 2 aromatic rings. The highest BCUT2D eigenvalue weighted by Crippen LogP contribution is 2.34. The van der Waals surface area contributed by atoms with Crippen LogP contribution in [0.15, 0.2) is 32.7 Å². The maximum atomic E-state index is 13.0. The molecule has 3 N–H and O–H groups in total. The van der Waals surface area contributed by atoms with Gasteiger partial charge < -0.3 is 9.72 Å². The number of hydrogen-bond donors (Lipinski definition) is 3. The number of ether oxygens (including phenoxy) is 1. The normalized spacial score (nSPS) is 20.7. The molecule has 9 nitrogen and oxygen atoms in total. The summed E-state index contributed by atoms with van der Waals surface area (Å²) < 4.78 is 34.2. The molecule has 1 saturated carbocycles. The molecule has 2 aliphatic rings. The number of hydrogen-bond acceptors (Lipinski definition) is 6. The van der Waals surface area contributed by atoms with Crippen molar-refractivity contribution in [2.45, 2.75) is 42.5 Å². The number of morpholine rings is 1. The van der Waals surface area contributed by atoms with Crippen LogP contribution in [-0.4, -0.2) is 61.7 Å². The molecule has 0 unspecified atom stereocenters. The average Bonchev–Trinajstić information content (AvgIpc) is 2.73. The van der Waals surface area contributed by atoms with Crippen molar-refractivity contribution in [3.8, 4) is 0 Å². The first-order valence-electron chi connectivity index (χ1n) is 9.99. The second-order valence-corrected chi connectivity index (χ2v) is 9.59. The first-order chi connectivity index (χ1) is 13.9. The summed E-state index contributed by atoms with van der Waals surface area (Å²) in [5.74, 6) is 0. The molecule has 4 rings (SSSR count). The molecule has 2 heterocycles. The third-order valence-electron chi connectivity index (χ3n) is 6.08. The molecule has 2 fully saturated rings. The number of aromatic amines is 2. The van der Waals surface area contributed by atoms with Crippen molar-refractivity contribution in [2.75, 3.05) is 32.8 Å². The van der Waals surface area contributed by atoms with Crippen LogP contribution in [0.4, 0.5) is 0 Å². The topological polar surface area (TPSA) is 124 Å². The molecular weight excluding hydrogens is 396 g/mol. The summed E-state index contributed by atoms with van der Waals surface area (Å²) in [5.41, 5.74) is -1.14. The Kier molecular flexibility index (Phi) is 5.60. The van der Waals surface area contributed by atoms with Gasteiger partial charge in [0.1, 0.15) is 0 Å². The molecule has 0 spiro atoms. The van der Waals surface area contributed by atoms with Crippen LogP contribution in [0, 0.1) is 0 Å². The van der Waals surface area contributed by atoms with Gasteiger partial charge in [0.2, 0.25) is 10.0 Å². The van der Waals surface area contributed by atoms with Gasteiger partial charge in [0, 0.05) is 25.2 Å². The Morgan fingerprint density at radius 3 is 2.52 bits per heavy atom. The van der Waals surface area contributed by atoms with Gasteiger partial charge >= 0.3 is 5.69 Å². The molecule has 0 atom stereocenters. The lowest BCUT2D eigenvalue weighted by Gasteiger charge is -2.48. The highest BCUT2D eigenvalue weighted by Gasteiger charge is 2.39. The van der Waals surface area contributed by atoms with Crippen LogP contribution in [0.5, 0.6) is 0 Å². The average molecular weight is 423 g/mol. The van der Waals surface area contributed by atoms with Crippen molar-refractivity contribution < 1.29 is 13.2 Å². The molecule has 29 heavy (non-hydrogen) atoms. The van der Waals surface area contributed by atoms with Gasteiger partial charge in [-0.3, -0.25) is 14.7 Å². The van der Waals surface area contributed by atoms with E-state index in [0.717, 1.165) is 38.8 Å². The SMILES string of the molecule is O=c1[nH]c(=O)c2cc(S(=O)(=O)NCC3(N4CCOCC4)CCCCC3)ccc2[nH]1. The Morgan fingerprint density at radius 1 is 1.07 bits per heavy atom. The van der Waals surface area contributed by atoms with Gasteiger partial charge in [-0.25, -0.2) is 17.9 Å². The third kappa shape index (κ3) is 4.16. The lowest BCUT2D eigenvalue weighted by Crippen LogP contribution is -2.59. The summed E-state index contributed by atoms with van der Waals surface area (Å²) in [6.07, 6.45) is 5.24. The Bertz CT molecular complexity index is 1100. The van der Waals surface area contributed by atoms with Crippen LogP contribution < -0.4 is 16.0 Å². The molecule has 10 heteroatoms. The minimum absolute atomic E-state index is 0.00971. The highest BCUT2D eigenvalue weighted by molar-refractivity contribution is 7.89. The van der Waals surface area contributed by atoms with Crippen LogP contribution in [-0.2, 0) is 14.8 Å². The number of benzene rings is 1. The van der Waals surface area contributed by atoms with Gasteiger partial charge in [-0.1, -0.05) is 19.3 Å². The number of aromatic nitrogens is 2. The quantitative estimate of drug-likeness (QED) is 0.646. The Balaban J connectivity index is 1.59. The van der Waals surface area contributed by atoms with Crippen LogP contribution in [0.2, 0.25) is 0 Å². The number of fused-ring (bicyclic) bond motifs is 1. The number of H-pyrrole nitrogens is 2. The van der Waals surface area contributed by atoms with Crippen molar-refractivity contribution in [3.63, 3.8) is 0 Å². The van der Waals surface area contributed by atoms with Gasteiger partial charge in [-0.05, 0) is 31.0 Å². The fourth-order valence-corrected chi connectivity index (χ4v) is 5.62. The molecule has 158 valence electrons. The zero-order chi connectivity index (χ0) is 20.5. The fourth-order valence-electron chi connectivity index (χ4n) is 4.48. The molecule has 1 aliphatic carbocycles. The van der Waals surface area contributed by atoms with E-state index in [1.54, 1.807) is 0 Å². The zero-order valence-electron chi connectivity index (χ0n) is 16.2. The Hall–Kier alpha value is -2.01. The summed E-state index contributed by atoms with van der Waals surface area (Å²) in [4.78, 5) is 30.4. The van der Waals surface area contributed by atoms with E-state index < -0.39 is 21.3 Å². The zero-order valence-corrected chi connectivity index (χ0v) is 17.0. The smallest absolute Gasteiger partial charge is 0.326 e. The Morgan fingerprint density at radius 2 is 1.79 bits per heavy atom. The predicted molar refractivity (Wildman–Crippen MR) is 109 cm³/mol. The Labute approximate surface area is 168 Å². The number of rotatable bonds is 5. The van der Waals surface area contributed by atoms with Gasteiger partial charge in [0.05, 0.1) is 29.0 Å². The molecule has 1 saturated heterocycles. The number of nitrogens with one attached hydrogen (secondary N) is 3. The van der Waals surface area contributed by atoms with Crippen molar-refractivity contribution >= 4 is 20.9 Å². The first kappa shape index (κ1) is 20.3. The van der Waals surface area contributed by atoms with E-state index in [2.05, 4.69) is 19.6 Å².